The van der Waals surface area contributed by atoms with Crippen LogP contribution in [0.3, 0.4) is 0 Å². The first-order chi connectivity index (χ1) is 25.2. The van der Waals surface area contributed by atoms with Crippen molar-refractivity contribution in [3.8, 4) is 11.4 Å². The standard InChI is InChI=1S/C46H29N5/c1-3-28-26-36-43(47-37(28)4-2)35-27-30(22-25-41(35)51-42-21-13-10-18-38(42)48-46(36)51)50-40-20-12-9-17-32(40)34-24-23-33-31-16-8-11-19-39(31)49(44(33)45(34)50)29-14-6-5-7-15-29/h3-27H,1-2H2. The van der Waals surface area contributed by atoms with Crippen LogP contribution in [0.2, 0.25) is 0 Å². The van der Waals surface area contributed by atoms with Crippen LogP contribution in [0.5, 0.6) is 0 Å². The second kappa shape index (κ2) is 10.3. The fourth-order valence-corrected chi connectivity index (χ4v) is 8.36. The fourth-order valence-electron chi connectivity index (χ4n) is 8.36. The zero-order valence-corrected chi connectivity index (χ0v) is 27.6. The van der Waals surface area contributed by atoms with Crippen molar-refractivity contribution in [2.75, 3.05) is 0 Å². The maximum absolute atomic E-state index is 5.24. The molecule has 0 unspecified atom stereocenters. The Labute approximate surface area is 292 Å². The number of aromatic nitrogens is 5. The van der Waals surface area contributed by atoms with Gasteiger partial charge in [0.25, 0.3) is 0 Å². The monoisotopic (exact) mass is 651 g/mol. The molecule has 0 atom stereocenters. The molecule has 5 nitrogen and oxygen atoms in total. The van der Waals surface area contributed by atoms with Crippen molar-refractivity contribution >= 4 is 94.3 Å². The predicted molar refractivity (Wildman–Crippen MR) is 214 cm³/mol. The van der Waals surface area contributed by atoms with E-state index in [1.807, 2.05) is 18.2 Å². The number of imidazole rings is 1. The van der Waals surface area contributed by atoms with E-state index >= 15 is 0 Å². The molecule has 0 amide bonds. The first-order valence-electron chi connectivity index (χ1n) is 17.2. The van der Waals surface area contributed by atoms with Gasteiger partial charge in [-0.3, -0.25) is 4.40 Å². The summed E-state index contributed by atoms with van der Waals surface area (Å²) in [5.41, 5.74) is 13.4. The number of rotatable bonds is 4. The number of benzene rings is 6. The van der Waals surface area contributed by atoms with Gasteiger partial charge in [0.2, 0.25) is 0 Å². The molecule has 0 saturated carbocycles. The summed E-state index contributed by atoms with van der Waals surface area (Å²) in [6, 6.07) is 50.0. The van der Waals surface area contributed by atoms with Gasteiger partial charge >= 0.3 is 0 Å². The van der Waals surface area contributed by atoms with Crippen LogP contribution in [0.4, 0.5) is 0 Å². The van der Waals surface area contributed by atoms with E-state index in [0.717, 1.165) is 66.6 Å². The Bertz CT molecular complexity index is 3280. The Hall–Kier alpha value is -6.98. The second-order valence-corrected chi connectivity index (χ2v) is 13.1. The number of pyridine rings is 2. The maximum Gasteiger partial charge on any atom is 0.147 e. The van der Waals surface area contributed by atoms with E-state index in [1.54, 1.807) is 0 Å². The second-order valence-electron chi connectivity index (χ2n) is 13.1. The Morgan fingerprint density at radius 3 is 1.76 bits per heavy atom. The Morgan fingerprint density at radius 1 is 0.451 bits per heavy atom. The van der Waals surface area contributed by atoms with Gasteiger partial charge in [-0.15, -0.1) is 0 Å². The minimum absolute atomic E-state index is 0.801. The van der Waals surface area contributed by atoms with Crippen LogP contribution in [-0.4, -0.2) is 23.5 Å². The first-order valence-corrected chi connectivity index (χ1v) is 17.2. The van der Waals surface area contributed by atoms with E-state index in [2.05, 4.69) is 160 Å². The Balaban J connectivity index is 1.35. The summed E-state index contributed by atoms with van der Waals surface area (Å²) in [6.07, 6.45) is 3.66. The van der Waals surface area contributed by atoms with Crippen molar-refractivity contribution in [1.29, 1.82) is 0 Å². The highest BCUT2D eigenvalue weighted by molar-refractivity contribution is 6.24. The maximum atomic E-state index is 5.24. The van der Waals surface area contributed by atoms with Gasteiger partial charge < -0.3 is 9.13 Å². The van der Waals surface area contributed by atoms with Crippen molar-refractivity contribution in [3.63, 3.8) is 0 Å². The smallest absolute Gasteiger partial charge is 0.147 e. The minimum Gasteiger partial charge on any atom is -0.307 e. The lowest BCUT2D eigenvalue weighted by Gasteiger charge is -2.15. The number of nitrogens with zero attached hydrogens (tertiary/aromatic N) is 5. The number of para-hydroxylation sites is 5. The molecule has 0 fully saturated rings. The number of hydrogen-bond donors (Lipinski definition) is 0. The summed E-state index contributed by atoms with van der Waals surface area (Å²) >= 11 is 0. The van der Waals surface area contributed by atoms with Gasteiger partial charge in [0, 0.05) is 49.3 Å². The van der Waals surface area contributed by atoms with Gasteiger partial charge in [-0.1, -0.05) is 98.1 Å². The van der Waals surface area contributed by atoms with Gasteiger partial charge in [-0.05, 0) is 66.7 Å². The van der Waals surface area contributed by atoms with E-state index in [4.69, 9.17) is 9.97 Å². The van der Waals surface area contributed by atoms with E-state index < -0.39 is 0 Å². The van der Waals surface area contributed by atoms with E-state index in [1.165, 1.54) is 38.1 Å². The van der Waals surface area contributed by atoms with Gasteiger partial charge in [0.15, 0.2) is 0 Å². The van der Waals surface area contributed by atoms with Crippen LogP contribution >= 0.6 is 0 Å². The van der Waals surface area contributed by atoms with E-state index in [9.17, 15) is 0 Å². The van der Waals surface area contributed by atoms with E-state index in [0.29, 0.717) is 0 Å². The lowest BCUT2D eigenvalue weighted by molar-refractivity contribution is 1.15. The first kappa shape index (κ1) is 27.9. The molecule has 11 rings (SSSR count). The largest absolute Gasteiger partial charge is 0.307 e. The van der Waals surface area contributed by atoms with Gasteiger partial charge in [-0.2, -0.15) is 0 Å². The van der Waals surface area contributed by atoms with Crippen molar-refractivity contribution in [2.24, 2.45) is 0 Å². The Kier molecular flexibility index (Phi) is 5.62. The molecule has 0 spiro atoms. The predicted octanol–water partition coefficient (Wildman–Crippen LogP) is 11.7. The van der Waals surface area contributed by atoms with Crippen molar-refractivity contribution in [2.45, 2.75) is 0 Å². The SMILES string of the molecule is C=Cc1cc2c(nc1C=C)c1cc(-n3c4ccccc4c4ccc5c6ccccc6n(-c6ccccc6)c5c43)ccc1n1c3ccccc3nc21. The third-order valence-corrected chi connectivity index (χ3v) is 10.5. The molecule has 0 radical (unpaired) electrons. The summed E-state index contributed by atoms with van der Waals surface area (Å²) in [5.74, 6) is 0. The number of fused-ring (bicyclic) bond motifs is 15. The third-order valence-electron chi connectivity index (χ3n) is 10.5. The molecule has 5 heterocycles. The molecule has 11 aromatic rings. The quantitative estimate of drug-likeness (QED) is 0.178. The summed E-state index contributed by atoms with van der Waals surface area (Å²) in [7, 11) is 0. The molecule has 5 heteroatoms. The molecule has 0 aliphatic rings. The highest BCUT2D eigenvalue weighted by Crippen LogP contribution is 2.42. The van der Waals surface area contributed by atoms with E-state index in [-0.39, 0.29) is 0 Å². The normalized spacial score (nSPS) is 12.1. The van der Waals surface area contributed by atoms with Crippen LogP contribution in [0.25, 0.3) is 106 Å². The zero-order chi connectivity index (χ0) is 33.8. The summed E-state index contributed by atoms with van der Waals surface area (Å²) in [6.45, 7) is 8.18. The molecule has 0 bridgehead atoms. The average molecular weight is 652 g/mol. The molecule has 238 valence electrons. The van der Waals surface area contributed by atoms with Crippen molar-refractivity contribution in [3.05, 3.63) is 164 Å². The molecule has 0 N–H and O–H groups in total. The molecule has 0 saturated heterocycles. The van der Waals surface area contributed by atoms with Crippen molar-refractivity contribution < 1.29 is 0 Å². The minimum atomic E-state index is 0.801. The van der Waals surface area contributed by atoms with Crippen LogP contribution in [0.15, 0.2) is 153 Å². The molecule has 5 aromatic heterocycles. The van der Waals surface area contributed by atoms with Crippen LogP contribution in [-0.2, 0) is 0 Å². The molecular weight excluding hydrogens is 623 g/mol. The average Bonchev–Trinajstić information content (AvgIpc) is 3.86. The third kappa shape index (κ3) is 3.69. The topological polar surface area (TPSA) is 40.0 Å². The van der Waals surface area contributed by atoms with Gasteiger partial charge in [-0.25, -0.2) is 9.97 Å². The van der Waals surface area contributed by atoms with Crippen molar-refractivity contribution in [1.82, 2.24) is 23.5 Å². The highest BCUT2D eigenvalue weighted by atomic mass is 15.1. The lowest BCUT2D eigenvalue weighted by Crippen LogP contribution is -2.00. The summed E-state index contributed by atoms with van der Waals surface area (Å²) in [4.78, 5) is 10.4. The van der Waals surface area contributed by atoms with Crippen LogP contribution in [0, 0.1) is 0 Å². The Morgan fingerprint density at radius 2 is 1.08 bits per heavy atom. The molecule has 0 aliphatic heterocycles. The van der Waals surface area contributed by atoms with Crippen LogP contribution < -0.4 is 0 Å². The molecule has 0 aliphatic carbocycles. The van der Waals surface area contributed by atoms with Crippen LogP contribution in [0.1, 0.15) is 11.3 Å². The summed E-state index contributed by atoms with van der Waals surface area (Å²) in [5, 5.41) is 6.89. The van der Waals surface area contributed by atoms with Gasteiger partial charge in [0.05, 0.1) is 49.8 Å². The molecule has 6 aromatic carbocycles. The van der Waals surface area contributed by atoms with Gasteiger partial charge in [0.1, 0.15) is 5.65 Å². The highest BCUT2D eigenvalue weighted by Gasteiger charge is 2.22. The fraction of sp³-hybridized carbons (Fsp3) is 0. The zero-order valence-electron chi connectivity index (χ0n) is 27.6. The summed E-state index contributed by atoms with van der Waals surface area (Å²) < 4.78 is 7.14. The lowest BCUT2D eigenvalue weighted by atomic mass is 10.1. The molecular formula is C46H29N5. The number of hydrogen-bond acceptors (Lipinski definition) is 2. The molecule has 51 heavy (non-hydrogen) atoms.